The van der Waals surface area contributed by atoms with Crippen LogP contribution in [-0.4, -0.2) is 27.3 Å². The van der Waals surface area contributed by atoms with E-state index in [2.05, 4.69) is 16.0 Å². The molecule has 0 atom stereocenters. The lowest BCUT2D eigenvalue weighted by Crippen LogP contribution is -2.39. The fourth-order valence-corrected chi connectivity index (χ4v) is 3.74. The Balaban J connectivity index is 1.56. The summed E-state index contributed by atoms with van der Waals surface area (Å²) in [5, 5.41) is 0.517. The molecule has 0 aliphatic carbocycles. The van der Waals surface area contributed by atoms with Crippen LogP contribution in [0.3, 0.4) is 0 Å². The van der Waals surface area contributed by atoms with Gasteiger partial charge in [0.05, 0.1) is 17.8 Å². The smallest absolute Gasteiger partial charge is 0.256 e. The minimum Gasteiger partial charge on any atom is -0.334 e. The van der Waals surface area contributed by atoms with Crippen molar-refractivity contribution in [2.24, 2.45) is 0 Å². The lowest BCUT2D eigenvalue weighted by atomic mass is 10.0. The van der Waals surface area contributed by atoms with Gasteiger partial charge in [0.15, 0.2) is 0 Å². The van der Waals surface area contributed by atoms with Gasteiger partial charge in [-0.15, -0.1) is 0 Å². The number of carbonyl (C=O) groups is 1. The van der Waals surface area contributed by atoms with Gasteiger partial charge in [0.25, 0.3) is 11.5 Å². The molecule has 1 aliphatic heterocycles. The molecule has 1 N–H and O–H groups in total. The van der Waals surface area contributed by atoms with Gasteiger partial charge in [-0.25, -0.2) is 4.98 Å². The number of rotatable bonds is 3. The average Bonchev–Trinajstić information content (AvgIpc) is 2.67. The number of hydrogen-bond donors (Lipinski definition) is 1. The quantitative estimate of drug-likeness (QED) is 0.740. The molecule has 0 unspecified atom stereocenters. The number of nitrogens with one attached hydrogen (secondary N) is 1. The maximum atomic E-state index is 12.7. The Morgan fingerprint density at radius 1 is 1.21 bits per heavy atom. The Kier molecular flexibility index (Phi) is 5.01. The summed E-state index contributed by atoms with van der Waals surface area (Å²) in [4.78, 5) is 34.6. The third-order valence-electron chi connectivity index (χ3n) is 4.93. The molecule has 142 valence electrons. The van der Waals surface area contributed by atoms with Crippen molar-refractivity contribution in [3.63, 3.8) is 0 Å². The standard InChI is InChI=1S/C22H20ClN3O2/c1-14-4-2-5-15(10-14)11-20-24-19-8-9-26(13-18(19)21(27)25-20)22(28)16-6-3-7-17(23)12-16/h2-7,10,12H,8-9,11,13H2,1H3,(H,24,25,27). The monoisotopic (exact) mass is 393 g/mol. The number of halogens is 1. The van der Waals surface area contributed by atoms with Crippen molar-refractivity contribution in [1.82, 2.24) is 14.9 Å². The molecule has 28 heavy (non-hydrogen) atoms. The van der Waals surface area contributed by atoms with Crippen LogP contribution in [-0.2, 0) is 19.4 Å². The number of fused-ring (bicyclic) bond motifs is 1. The number of carbonyl (C=O) groups excluding carboxylic acids is 1. The zero-order valence-corrected chi connectivity index (χ0v) is 16.3. The van der Waals surface area contributed by atoms with Crippen molar-refractivity contribution >= 4 is 17.5 Å². The highest BCUT2D eigenvalue weighted by atomic mass is 35.5. The summed E-state index contributed by atoms with van der Waals surface area (Å²) >= 11 is 5.99. The Morgan fingerprint density at radius 2 is 2.04 bits per heavy atom. The second-order valence-electron chi connectivity index (χ2n) is 7.09. The van der Waals surface area contributed by atoms with E-state index in [-0.39, 0.29) is 18.0 Å². The number of nitrogens with zero attached hydrogens (tertiary/aromatic N) is 2. The molecule has 3 aromatic rings. The highest BCUT2D eigenvalue weighted by molar-refractivity contribution is 6.30. The summed E-state index contributed by atoms with van der Waals surface area (Å²) in [6.45, 7) is 2.82. The van der Waals surface area contributed by atoms with Crippen molar-refractivity contribution in [3.05, 3.63) is 97.7 Å². The second-order valence-corrected chi connectivity index (χ2v) is 7.53. The molecule has 1 aromatic heterocycles. The summed E-state index contributed by atoms with van der Waals surface area (Å²) in [5.41, 5.74) is 3.98. The van der Waals surface area contributed by atoms with E-state index in [0.717, 1.165) is 11.3 Å². The van der Waals surface area contributed by atoms with Crippen molar-refractivity contribution in [2.75, 3.05) is 6.54 Å². The molecule has 0 fully saturated rings. The first kappa shape index (κ1) is 18.4. The summed E-state index contributed by atoms with van der Waals surface area (Å²) in [7, 11) is 0. The highest BCUT2D eigenvalue weighted by Gasteiger charge is 2.25. The van der Waals surface area contributed by atoms with Crippen LogP contribution in [0.5, 0.6) is 0 Å². The molecule has 4 rings (SSSR count). The molecule has 2 aromatic carbocycles. The van der Waals surface area contributed by atoms with Crippen LogP contribution in [0.2, 0.25) is 5.02 Å². The van der Waals surface area contributed by atoms with Crippen LogP contribution in [0, 0.1) is 6.92 Å². The largest absolute Gasteiger partial charge is 0.334 e. The van der Waals surface area contributed by atoms with E-state index < -0.39 is 0 Å². The van der Waals surface area contributed by atoms with E-state index in [9.17, 15) is 9.59 Å². The lowest BCUT2D eigenvalue weighted by Gasteiger charge is -2.28. The second kappa shape index (κ2) is 7.60. The van der Waals surface area contributed by atoms with Gasteiger partial charge in [0, 0.05) is 30.0 Å². The SMILES string of the molecule is Cc1cccc(Cc2nc3c(c(=O)[nH]2)CN(C(=O)c2cccc(Cl)c2)CC3)c1. The van der Waals surface area contributed by atoms with E-state index >= 15 is 0 Å². The molecule has 0 radical (unpaired) electrons. The number of amides is 1. The van der Waals surface area contributed by atoms with E-state index in [0.29, 0.717) is 41.4 Å². The Bertz CT molecular complexity index is 1110. The summed E-state index contributed by atoms with van der Waals surface area (Å²) in [6, 6.07) is 15.0. The third kappa shape index (κ3) is 3.85. The molecule has 6 heteroatoms. The van der Waals surface area contributed by atoms with E-state index in [1.807, 2.05) is 25.1 Å². The molecule has 1 amide bonds. The number of H-pyrrole nitrogens is 1. The molecule has 0 bridgehead atoms. The predicted molar refractivity (Wildman–Crippen MR) is 109 cm³/mol. The maximum Gasteiger partial charge on any atom is 0.256 e. The Morgan fingerprint density at radius 3 is 2.82 bits per heavy atom. The first-order valence-corrected chi connectivity index (χ1v) is 9.59. The van der Waals surface area contributed by atoms with Gasteiger partial charge < -0.3 is 9.88 Å². The van der Waals surface area contributed by atoms with E-state index in [1.165, 1.54) is 5.56 Å². The molecule has 2 heterocycles. The van der Waals surface area contributed by atoms with Crippen LogP contribution in [0.4, 0.5) is 0 Å². The van der Waals surface area contributed by atoms with Gasteiger partial charge in [-0.05, 0) is 30.7 Å². The van der Waals surface area contributed by atoms with Crippen molar-refractivity contribution < 1.29 is 4.79 Å². The molecule has 0 saturated heterocycles. The number of aryl methyl sites for hydroxylation is 1. The number of hydrogen-bond acceptors (Lipinski definition) is 3. The maximum absolute atomic E-state index is 12.7. The minimum atomic E-state index is -0.170. The molecule has 5 nitrogen and oxygen atoms in total. The predicted octanol–water partition coefficient (Wildman–Crippen LogP) is 3.52. The zero-order chi connectivity index (χ0) is 19.7. The molecule has 1 aliphatic rings. The normalized spacial score (nSPS) is 13.3. The lowest BCUT2D eigenvalue weighted by molar-refractivity contribution is 0.0732. The Labute approximate surface area is 168 Å². The highest BCUT2D eigenvalue weighted by Crippen LogP contribution is 2.19. The van der Waals surface area contributed by atoms with E-state index in [1.54, 1.807) is 29.2 Å². The molecule has 0 spiro atoms. The van der Waals surface area contributed by atoms with Crippen molar-refractivity contribution in [1.29, 1.82) is 0 Å². The van der Waals surface area contributed by atoms with Crippen LogP contribution >= 0.6 is 11.6 Å². The zero-order valence-electron chi connectivity index (χ0n) is 15.5. The van der Waals surface area contributed by atoms with Gasteiger partial charge >= 0.3 is 0 Å². The van der Waals surface area contributed by atoms with Gasteiger partial charge in [-0.3, -0.25) is 9.59 Å². The topological polar surface area (TPSA) is 66.1 Å². The third-order valence-corrected chi connectivity index (χ3v) is 5.17. The number of benzene rings is 2. The Hall–Kier alpha value is -2.92. The van der Waals surface area contributed by atoms with Crippen LogP contribution in [0.1, 0.15) is 38.6 Å². The van der Waals surface area contributed by atoms with Crippen LogP contribution in [0.25, 0.3) is 0 Å². The molecule has 0 saturated carbocycles. The van der Waals surface area contributed by atoms with E-state index in [4.69, 9.17) is 11.6 Å². The molecular formula is C22H20ClN3O2. The van der Waals surface area contributed by atoms with Gasteiger partial charge in [0.1, 0.15) is 5.82 Å². The van der Waals surface area contributed by atoms with Gasteiger partial charge in [-0.2, -0.15) is 0 Å². The first-order chi connectivity index (χ1) is 13.5. The summed E-state index contributed by atoms with van der Waals surface area (Å²) < 4.78 is 0. The summed E-state index contributed by atoms with van der Waals surface area (Å²) in [5.74, 6) is 0.528. The van der Waals surface area contributed by atoms with Gasteiger partial charge in [0.2, 0.25) is 0 Å². The number of aromatic nitrogens is 2. The fraction of sp³-hybridized carbons (Fsp3) is 0.227. The van der Waals surface area contributed by atoms with Crippen LogP contribution in [0.15, 0.2) is 53.3 Å². The fourth-order valence-electron chi connectivity index (χ4n) is 3.55. The molecular weight excluding hydrogens is 374 g/mol. The van der Waals surface area contributed by atoms with Crippen molar-refractivity contribution in [3.8, 4) is 0 Å². The first-order valence-electron chi connectivity index (χ1n) is 9.21. The summed E-state index contributed by atoms with van der Waals surface area (Å²) in [6.07, 6.45) is 1.14. The number of aromatic amines is 1. The van der Waals surface area contributed by atoms with Crippen LogP contribution < -0.4 is 5.56 Å². The minimum absolute atomic E-state index is 0.128. The van der Waals surface area contributed by atoms with Gasteiger partial charge in [-0.1, -0.05) is 47.5 Å². The average molecular weight is 394 g/mol. The van der Waals surface area contributed by atoms with Crippen molar-refractivity contribution in [2.45, 2.75) is 26.3 Å².